The first-order valence-corrected chi connectivity index (χ1v) is 6.14. The highest BCUT2D eigenvalue weighted by Gasteiger charge is 2.47. The van der Waals surface area contributed by atoms with Gasteiger partial charge < -0.3 is 4.74 Å². The van der Waals surface area contributed by atoms with Crippen molar-refractivity contribution >= 4 is 29.9 Å². The van der Waals surface area contributed by atoms with Crippen molar-refractivity contribution in [1.29, 1.82) is 0 Å². The van der Waals surface area contributed by atoms with Crippen LogP contribution in [0, 0.1) is 17.5 Å². The molecule has 2 unspecified atom stereocenters. The van der Waals surface area contributed by atoms with Gasteiger partial charge in [0, 0.05) is 12.7 Å². The monoisotopic (exact) mass is 346 g/mol. The van der Waals surface area contributed by atoms with E-state index in [0.717, 1.165) is 7.11 Å². The molecule has 0 aliphatic carbocycles. The van der Waals surface area contributed by atoms with Crippen LogP contribution in [0.25, 0.3) is 0 Å². The van der Waals surface area contributed by atoms with Crippen LogP contribution < -0.4 is 11.3 Å². The quantitative estimate of drug-likeness (QED) is 0.283. The summed E-state index contributed by atoms with van der Waals surface area (Å²) in [6.07, 6.45) is 0.240. The second kappa shape index (κ2) is 7.84. The molecular weight excluding hydrogens is 332 g/mol. The molecule has 2 atom stereocenters. The van der Waals surface area contributed by atoms with Crippen molar-refractivity contribution in [2.24, 2.45) is 5.84 Å². The Hall–Kier alpha value is -1.02. The van der Waals surface area contributed by atoms with Crippen molar-refractivity contribution in [1.82, 2.24) is 5.43 Å². The zero-order valence-corrected chi connectivity index (χ0v) is 12.8. The topological polar surface area (TPSA) is 64.3 Å². The summed E-state index contributed by atoms with van der Waals surface area (Å²) in [5.41, 5.74) is -0.356. The summed E-state index contributed by atoms with van der Waals surface area (Å²) >= 11 is 6.06. The largest absolute Gasteiger partial charge is 0.362 e. The fourth-order valence-electron chi connectivity index (χ4n) is 1.96. The van der Waals surface area contributed by atoms with Crippen LogP contribution in [0.3, 0.4) is 0 Å². The lowest BCUT2D eigenvalue weighted by Gasteiger charge is -2.34. The first-order valence-electron chi connectivity index (χ1n) is 5.70. The highest BCUT2D eigenvalue weighted by Crippen LogP contribution is 2.36. The zero-order valence-electron chi connectivity index (χ0n) is 11.3. The van der Waals surface area contributed by atoms with Crippen LogP contribution in [0.1, 0.15) is 18.9 Å². The smallest absolute Gasteiger partial charge is 0.272 e. The molecule has 0 aliphatic heterocycles. The molecule has 0 aromatic heterocycles. The Morgan fingerprint density at radius 3 is 2.24 bits per heavy atom. The summed E-state index contributed by atoms with van der Waals surface area (Å²) in [5, 5.41) is -0.972. The first-order chi connectivity index (χ1) is 9.34. The van der Waals surface area contributed by atoms with Gasteiger partial charge in [-0.1, -0.05) is 6.92 Å². The van der Waals surface area contributed by atoms with Gasteiger partial charge in [0.1, 0.15) is 0 Å². The summed E-state index contributed by atoms with van der Waals surface area (Å²) in [6.45, 7) is 1.64. The predicted molar refractivity (Wildman–Crippen MR) is 74.5 cm³/mol. The fraction of sp³-hybridized carbons (Fsp3) is 0.417. The number of nitrogens with one attached hydrogen (secondary N) is 1. The van der Waals surface area contributed by atoms with Crippen LogP contribution in [-0.4, -0.2) is 18.4 Å². The van der Waals surface area contributed by atoms with Crippen LogP contribution >= 0.6 is 24.0 Å². The van der Waals surface area contributed by atoms with E-state index in [1.54, 1.807) is 6.92 Å². The lowest BCUT2D eigenvalue weighted by molar-refractivity contribution is -0.145. The Morgan fingerprint density at radius 2 is 1.90 bits per heavy atom. The molecule has 0 saturated carbocycles. The van der Waals surface area contributed by atoms with Gasteiger partial charge in [0.2, 0.25) is 0 Å². The van der Waals surface area contributed by atoms with Gasteiger partial charge in [0.05, 0.1) is 5.38 Å². The zero-order chi connectivity index (χ0) is 15.5. The number of carbonyl (C=O) groups is 1. The van der Waals surface area contributed by atoms with Crippen LogP contribution in [0.2, 0.25) is 0 Å². The number of hydrogen-bond donors (Lipinski definition) is 2. The molecule has 1 rings (SSSR count). The number of halogens is 5. The molecule has 1 aromatic carbocycles. The normalized spacial score (nSPS) is 14.8. The number of benzene rings is 1. The van der Waals surface area contributed by atoms with E-state index in [2.05, 4.69) is 0 Å². The Balaban J connectivity index is 0.00000400. The van der Waals surface area contributed by atoms with Gasteiger partial charge in [-0.2, -0.15) is 0 Å². The van der Waals surface area contributed by atoms with Crippen molar-refractivity contribution in [3.63, 3.8) is 0 Å². The molecule has 9 heteroatoms. The Bertz CT molecular complexity index is 496. The number of hydrazine groups is 1. The van der Waals surface area contributed by atoms with Crippen LogP contribution in [0.4, 0.5) is 13.2 Å². The maximum absolute atomic E-state index is 13.4. The lowest BCUT2D eigenvalue weighted by Crippen LogP contribution is -2.53. The van der Waals surface area contributed by atoms with Crippen molar-refractivity contribution in [3.05, 3.63) is 35.1 Å². The Labute approximate surface area is 131 Å². The average molecular weight is 347 g/mol. The minimum absolute atomic E-state index is 0. The minimum atomic E-state index is -1.93. The molecule has 0 spiro atoms. The molecule has 21 heavy (non-hydrogen) atoms. The van der Waals surface area contributed by atoms with E-state index in [0.29, 0.717) is 12.1 Å². The number of carbonyl (C=O) groups excluding carboxylic acids is 1. The molecule has 3 N–H and O–H groups in total. The van der Waals surface area contributed by atoms with Gasteiger partial charge in [-0.25, -0.2) is 19.0 Å². The molecule has 0 saturated heterocycles. The third-order valence-corrected chi connectivity index (χ3v) is 3.62. The average Bonchev–Trinajstić information content (AvgIpc) is 2.45. The van der Waals surface area contributed by atoms with Gasteiger partial charge in [-0.05, 0) is 18.6 Å². The number of rotatable bonds is 5. The maximum Gasteiger partial charge on any atom is 0.272 e. The van der Waals surface area contributed by atoms with E-state index in [4.69, 9.17) is 22.2 Å². The summed E-state index contributed by atoms with van der Waals surface area (Å²) < 4.78 is 44.8. The predicted octanol–water partition coefficient (Wildman–Crippen LogP) is 2.37. The fourth-order valence-corrected chi connectivity index (χ4v) is 2.27. The third-order valence-electron chi connectivity index (χ3n) is 3.00. The minimum Gasteiger partial charge on any atom is -0.362 e. The number of ether oxygens (including phenoxy) is 1. The van der Waals surface area contributed by atoms with Crippen molar-refractivity contribution in [2.75, 3.05) is 7.11 Å². The van der Waals surface area contributed by atoms with Gasteiger partial charge in [0.15, 0.2) is 23.1 Å². The summed E-state index contributed by atoms with van der Waals surface area (Å²) in [6, 6.07) is 1.31. The highest BCUT2D eigenvalue weighted by molar-refractivity contribution is 6.23. The summed E-state index contributed by atoms with van der Waals surface area (Å²) in [4.78, 5) is 12.0. The number of hydrogen-bond acceptors (Lipinski definition) is 3. The molecule has 1 aromatic rings. The number of amides is 1. The standard InChI is InChI=1S/C12H14ClF3N2O2.ClH/c1-3-9(13)12(20-2,11(19)18-17)6-4-7(14)10(16)8(15)5-6;/h4-5,9H,3,17H2,1-2H3,(H,18,19);1H. The molecule has 0 heterocycles. The van der Waals surface area contributed by atoms with Gasteiger partial charge in [-0.3, -0.25) is 10.2 Å². The highest BCUT2D eigenvalue weighted by atomic mass is 35.5. The first kappa shape index (κ1) is 20.0. The molecular formula is C12H15Cl2F3N2O2. The third kappa shape index (κ3) is 3.42. The van der Waals surface area contributed by atoms with E-state index in [9.17, 15) is 18.0 Å². The van der Waals surface area contributed by atoms with E-state index >= 15 is 0 Å². The Kier molecular flexibility index (Phi) is 7.46. The van der Waals surface area contributed by atoms with Crippen molar-refractivity contribution < 1.29 is 22.7 Å². The van der Waals surface area contributed by atoms with E-state index in [-0.39, 0.29) is 24.4 Å². The van der Waals surface area contributed by atoms with E-state index < -0.39 is 34.3 Å². The van der Waals surface area contributed by atoms with Gasteiger partial charge in [0.25, 0.3) is 5.91 Å². The summed E-state index contributed by atoms with van der Waals surface area (Å²) in [5.74, 6) is -0.375. The second-order valence-corrected chi connectivity index (χ2v) is 4.57. The van der Waals surface area contributed by atoms with Gasteiger partial charge >= 0.3 is 0 Å². The van der Waals surface area contributed by atoms with E-state index in [1.165, 1.54) is 0 Å². The Morgan fingerprint density at radius 1 is 1.43 bits per heavy atom. The SMILES string of the molecule is CCC(Cl)C(OC)(C(=O)NN)c1cc(F)c(F)c(F)c1.Cl. The molecule has 0 fully saturated rings. The second-order valence-electron chi connectivity index (χ2n) is 4.04. The van der Waals surface area contributed by atoms with Crippen molar-refractivity contribution in [3.8, 4) is 0 Å². The number of alkyl halides is 1. The number of methoxy groups -OCH3 is 1. The molecule has 4 nitrogen and oxygen atoms in total. The summed E-state index contributed by atoms with van der Waals surface area (Å²) in [7, 11) is 1.14. The molecule has 0 radical (unpaired) electrons. The molecule has 1 amide bonds. The van der Waals surface area contributed by atoms with E-state index in [1.807, 2.05) is 5.43 Å². The molecule has 0 aliphatic rings. The molecule has 0 bridgehead atoms. The van der Waals surface area contributed by atoms with Crippen LogP contribution in [0.5, 0.6) is 0 Å². The van der Waals surface area contributed by atoms with Crippen molar-refractivity contribution in [2.45, 2.75) is 24.3 Å². The maximum atomic E-state index is 13.4. The van der Waals surface area contributed by atoms with Crippen LogP contribution in [0.15, 0.2) is 12.1 Å². The number of nitrogens with two attached hydrogens (primary N) is 1. The lowest BCUT2D eigenvalue weighted by atomic mass is 9.87. The van der Waals surface area contributed by atoms with Crippen LogP contribution in [-0.2, 0) is 15.1 Å². The van der Waals surface area contributed by atoms with Gasteiger partial charge in [-0.15, -0.1) is 24.0 Å². The molecule has 120 valence electrons.